The first-order valence-electron chi connectivity index (χ1n) is 11.8. The van der Waals surface area contributed by atoms with Crippen LogP contribution in [0, 0.1) is 0 Å². The number of nitrogen functional groups attached to an aromatic ring is 1. The van der Waals surface area contributed by atoms with Crippen molar-refractivity contribution in [1.82, 2.24) is 29.6 Å². The van der Waals surface area contributed by atoms with Gasteiger partial charge in [0, 0.05) is 46.5 Å². The van der Waals surface area contributed by atoms with Gasteiger partial charge in [0.05, 0.1) is 18.5 Å². The minimum Gasteiger partial charge on any atom is -0.493 e. The summed E-state index contributed by atoms with van der Waals surface area (Å²) in [5.41, 5.74) is 9.75. The Morgan fingerprint density at radius 2 is 1.79 bits per heavy atom. The lowest BCUT2D eigenvalue weighted by Gasteiger charge is -2.09. The number of imidazole rings is 1. The van der Waals surface area contributed by atoms with E-state index in [0.29, 0.717) is 47.8 Å². The summed E-state index contributed by atoms with van der Waals surface area (Å²) in [4.78, 5) is 22.8. The van der Waals surface area contributed by atoms with Gasteiger partial charge in [0.15, 0.2) is 11.6 Å². The molecule has 5 aromatic rings. The number of nitrogens with two attached hydrogens (primary N) is 1. The van der Waals surface area contributed by atoms with Crippen molar-refractivity contribution in [3.8, 4) is 39.8 Å². The Balaban J connectivity index is 1.36. The van der Waals surface area contributed by atoms with Gasteiger partial charge in [0.1, 0.15) is 11.5 Å². The fourth-order valence-electron chi connectivity index (χ4n) is 3.69. The molecule has 3 heterocycles. The average Bonchev–Trinajstić information content (AvgIpc) is 3.40. The number of rotatable bonds is 10. The van der Waals surface area contributed by atoms with Crippen LogP contribution in [0.25, 0.3) is 34.0 Å². The molecular formula is C27H25ClN8OS. The Labute approximate surface area is 229 Å². The molecule has 0 saturated carbocycles. The van der Waals surface area contributed by atoms with Gasteiger partial charge in [0.25, 0.3) is 0 Å². The first kappa shape index (κ1) is 25.5. The number of ether oxygens (including phenoxy) is 1. The summed E-state index contributed by atoms with van der Waals surface area (Å²) < 4.78 is 8.70. The van der Waals surface area contributed by atoms with Crippen LogP contribution in [0.5, 0.6) is 5.75 Å². The molecule has 0 saturated heterocycles. The van der Waals surface area contributed by atoms with E-state index in [4.69, 9.17) is 32.0 Å². The van der Waals surface area contributed by atoms with Crippen molar-refractivity contribution in [2.24, 2.45) is 0 Å². The predicted molar refractivity (Wildman–Crippen MR) is 153 cm³/mol. The molecule has 0 aliphatic carbocycles. The number of benzene rings is 2. The van der Waals surface area contributed by atoms with E-state index in [-0.39, 0.29) is 0 Å². The lowest BCUT2D eigenvalue weighted by Crippen LogP contribution is -2.17. The maximum Gasteiger partial charge on any atom is 0.223 e. The van der Waals surface area contributed by atoms with Crippen LogP contribution in [0.1, 0.15) is 0 Å². The summed E-state index contributed by atoms with van der Waals surface area (Å²) in [6, 6.07) is 21.2. The highest BCUT2D eigenvalue weighted by Crippen LogP contribution is 2.34. The molecule has 0 aliphatic heterocycles. The first-order valence-corrected chi connectivity index (χ1v) is 13.0. The summed E-state index contributed by atoms with van der Waals surface area (Å²) in [6.45, 7) is 1.33. The molecule has 2 aromatic carbocycles. The molecule has 0 radical (unpaired) electrons. The topological polar surface area (TPSA) is 127 Å². The van der Waals surface area contributed by atoms with Crippen LogP contribution in [0.4, 0.5) is 11.8 Å². The van der Waals surface area contributed by atoms with Crippen LogP contribution in [0.3, 0.4) is 0 Å². The Kier molecular flexibility index (Phi) is 8.03. The average molecular weight is 545 g/mol. The van der Waals surface area contributed by atoms with E-state index in [2.05, 4.69) is 25.0 Å². The number of halogens is 1. The number of pyridine rings is 1. The molecule has 38 heavy (non-hydrogen) atoms. The van der Waals surface area contributed by atoms with Gasteiger partial charge >= 0.3 is 0 Å². The molecule has 192 valence electrons. The Morgan fingerprint density at radius 1 is 0.974 bits per heavy atom. The number of methoxy groups -OCH3 is 1. The highest BCUT2D eigenvalue weighted by Gasteiger charge is 2.18. The summed E-state index contributed by atoms with van der Waals surface area (Å²) >= 11 is 7.48. The van der Waals surface area contributed by atoms with Crippen molar-refractivity contribution in [3.63, 3.8) is 0 Å². The second-order valence-electron chi connectivity index (χ2n) is 8.13. The first-order chi connectivity index (χ1) is 18.6. The molecule has 5 N–H and O–H groups in total. The monoisotopic (exact) mass is 544 g/mol. The molecule has 0 amide bonds. The van der Waals surface area contributed by atoms with Gasteiger partial charge in [0.2, 0.25) is 5.95 Å². The third kappa shape index (κ3) is 6.05. The van der Waals surface area contributed by atoms with Crippen LogP contribution >= 0.6 is 23.5 Å². The highest BCUT2D eigenvalue weighted by atomic mass is 35.5. The largest absolute Gasteiger partial charge is 0.493 e. The molecule has 0 fully saturated rings. The zero-order valence-electron chi connectivity index (χ0n) is 20.5. The molecule has 0 atom stereocenters. The third-order valence-electron chi connectivity index (χ3n) is 5.55. The number of hydrogen-bond donors (Lipinski definition) is 4. The number of hydrogen-bond acceptors (Lipinski definition) is 9. The van der Waals surface area contributed by atoms with Crippen molar-refractivity contribution in [2.75, 3.05) is 31.2 Å². The maximum atomic E-state index is 5.95. The lowest BCUT2D eigenvalue weighted by atomic mass is 10.1. The maximum absolute atomic E-state index is 5.95. The Hall–Kier alpha value is -4.12. The van der Waals surface area contributed by atoms with E-state index in [1.807, 2.05) is 66.7 Å². The quantitative estimate of drug-likeness (QED) is 0.132. The van der Waals surface area contributed by atoms with Gasteiger partial charge in [-0.15, -0.1) is 0 Å². The molecule has 0 spiro atoms. The summed E-state index contributed by atoms with van der Waals surface area (Å²) in [7, 11) is 1.56. The fraction of sp³-hybridized carbons (Fsp3) is 0.111. The number of anilines is 2. The molecule has 0 unspecified atom stereocenters. The zero-order chi connectivity index (χ0) is 26.3. The second-order valence-corrected chi connectivity index (χ2v) is 9.53. The molecule has 11 heteroatoms. The number of aromatic amines is 1. The van der Waals surface area contributed by atoms with Crippen LogP contribution in [-0.2, 0) is 0 Å². The number of aromatic nitrogens is 5. The van der Waals surface area contributed by atoms with E-state index in [9.17, 15) is 0 Å². The molecular weight excluding hydrogens is 520 g/mol. The normalized spacial score (nSPS) is 10.9. The molecule has 5 rings (SSSR count). The van der Waals surface area contributed by atoms with E-state index < -0.39 is 0 Å². The number of H-pyrrole nitrogens is 1. The van der Waals surface area contributed by atoms with Gasteiger partial charge in [-0.05, 0) is 48.3 Å². The second kappa shape index (κ2) is 12.0. The number of nitrogens with one attached hydrogen (secondary N) is 3. The van der Waals surface area contributed by atoms with Gasteiger partial charge in [-0.25, -0.2) is 19.9 Å². The van der Waals surface area contributed by atoms with Crippen molar-refractivity contribution < 1.29 is 4.74 Å². The van der Waals surface area contributed by atoms with E-state index in [1.54, 1.807) is 31.5 Å². The van der Waals surface area contributed by atoms with Crippen molar-refractivity contribution in [2.45, 2.75) is 4.90 Å². The molecule has 9 nitrogen and oxygen atoms in total. The summed E-state index contributed by atoms with van der Waals surface area (Å²) in [6.07, 6.45) is 3.39. The smallest absolute Gasteiger partial charge is 0.223 e. The minimum atomic E-state index is 0.313. The molecule has 3 aromatic heterocycles. The van der Waals surface area contributed by atoms with Gasteiger partial charge in [-0.3, -0.25) is 4.72 Å². The molecule has 0 aliphatic rings. The Morgan fingerprint density at radius 3 is 2.58 bits per heavy atom. The van der Waals surface area contributed by atoms with Gasteiger partial charge in [-0.2, -0.15) is 0 Å². The lowest BCUT2D eigenvalue weighted by molar-refractivity contribution is 0.415. The van der Waals surface area contributed by atoms with Crippen LogP contribution in [0.15, 0.2) is 84.0 Å². The predicted octanol–water partition coefficient (Wildman–Crippen LogP) is 5.55. The number of nitrogens with zero attached hydrogens (tertiary/aromatic N) is 4. The van der Waals surface area contributed by atoms with Crippen LogP contribution in [-0.4, -0.2) is 45.1 Å². The van der Waals surface area contributed by atoms with Gasteiger partial charge in [-0.1, -0.05) is 41.9 Å². The van der Waals surface area contributed by atoms with Crippen molar-refractivity contribution in [3.05, 3.63) is 84.1 Å². The van der Waals surface area contributed by atoms with Crippen molar-refractivity contribution >= 4 is 35.3 Å². The Bertz CT molecular complexity index is 1510. The van der Waals surface area contributed by atoms with Crippen LogP contribution < -0.4 is 20.5 Å². The SMILES string of the molecule is COc1cc(-c2nc(-c3ccccc3)[nH]c2-c2ccnc(NCCNSc3ccc(Cl)cc3)n2)cnc1N. The van der Waals surface area contributed by atoms with E-state index in [0.717, 1.165) is 26.7 Å². The summed E-state index contributed by atoms with van der Waals surface area (Å²) in [5, 5.41) is 3.99. The standard InChI is InChI=1S/C27H25ClN8OS/c1-37-22-15-18(16-32-25(22)29)23-24(36-26(35-23)17-5-3-2-4-6-17)21-11-12-30-27(34-21)31-13-14-33-38-20-9-7-19(28)8-10-20/h2-12,15-16,33H,13-14H2,1H3,(H2,29,32)(H,35,36)(H,30,31,34). The fourth-order valence-corrected chi connectivity index (χ4v) is 4.46. The third-order valence-corrected chi connectivity index (χ3v) is 6.66. The van der Waals surface area contributed by atoms with Crippen molar-refractivity contribution in [1.29, 1.82) is 0 Å². The van der Waals surface area contributed by atoms with Gasteiger partial charge < -0.3 is 20.8 Å². The van der Waals surface area contributed by atoms with E-state index >= 15 is 0 Å². The highest BCUT2D eigenvalue weighted by molar-refractivity contribution is 7.97. The van der Waals surface area contributed by atoms with E-state index in [1.165, 1.54) is 0 Å². The zero-order valence-corrected chi connectivity index (χ0v) is 22.1. The summed E-state index contributed by atoms with van der Waals surface area (Å²) in [5.74, 6) is 2.01. The minimum absolute atomic E-state index is 0.313. The molecule has 0 bridgehead atoms. The van der Waals surface area contributed by atoms with Crippen LogP contribution in [0.2, 0.25) is 5.02 Å².